The van der Waals surface area contributed by atoms with E-state index in [0.717, 1.165) is 17.9 Å². The minimum absolute atomic E-state index is 0. The van der Waals surface area contributed by atoms with Gasteiger partial charge in [-0.3, -0.25) is 4.79 Å². The van der Waals surface area contributed by atoms with Crippen LogP contribution in [0, 0.1) is 0 Å². The summed E-state index contributed by atoms with van der Waals surface area (Å²) in [6.07, 6.45) is 3.73. The van der Waals surface area contributed by atoms with Crippen molar-refractivity contribution in [1.29, 1.82) is 0 Å². The number of halogens is 1. The van der Waals surface area contributed by atoms with Crippen LogP contribution in [0.1, 0.15) is 23.4 Å². The highest BCUT2D eigenvalue weighted by atomic mass is 35.5. The maximum Gasteiger partial charge on any atom is 0.287 e. The molecule has 0 aliphatic rings. The fourth-order valence-corrected chi connectivity index (χ4v) is 1.49. The third kappa shape index (κ3) is 4.92. The van der Waals surface area contributed by atoms with Gasteiger partial charge in [-0.1, -0.05) is 11.8 Å². The number of hydrogen-bond donors (Lipinski definition) is 2. The van der Waals surface area contributed by atoms with Crippen molar-refractivity contribution in [1.82, 2.24) is 5.32 Å². The Morgan fingerprint density at radius 2 is 2.25 bits per heavy atom. The molecule has 4 nitrogen and oxygen atoms in total. The zero-order valence-electron chi connectivity index (χ0n) is 9.19. The molecule has 1 heterocycles. The summed E-state index contributed by atoms with van der Waals surface area (Å²) in [5.41, 5.74) is 5.34. The van der Waals surface area contributed by atoms with Crippen molar-refractivity contribution in [3.63, 3.8) is 0 Å². The van der Waals surface area contributed by atoms with E-state index in [9.17, 15) is 4.79 Å². The normalized spacial score (nSPS) is 9.62. The summed E-state index contributed by atoms with van der Waals surface area (Å²) in [5, 5.41) is 3.53. The van der Waals surface area contributed by atoms with Gasteiger partial charge >= 0.3 is 0 Å². The summed E-state index contributed by atoms with van der Waals surface area (Å²) in [5.74, 6) is 0.208. The van der Waals surface area contributed by atoms with Crippen LogP contribution in [0.2, 0.25) is 0 Å². The molecule has 92 valence electrons. The third-order valence-electron chi connectivity index (χ3n) is 1.92. The number of hydrogen-bond acceptors (Lipinski definition) is 4. The van der Waals surface area contributed by atoms with Gasteiger partial charge in [0, 0.05) is 6.54 Å². The number of furan rings is 1. The predicted molar refractivity (Wildman–Crippen MR) is 68.4 cm³/mol. The van der Waals surface area contributed by atoms with Crippen LogP contribution in [-0.2, 0) is 0 Å². The molecule has 0 fully saturated rings. The van der Waals surface area contributed by atoms with E-state index in [1.807, 2.05) is 6.26 Å². The molecule has 1 rings (SSSR count). The van der Waals surface area contributed by atoms with Gasteiger partial charge in [0.1, 0.15) is 0 Å². The lowest BCUT2D eigenvalue weighted by atomic mass is 10.3. The molecule has 0 aliphatic heterocycles. The summed E-state index contributed by atoms with van der Waals surface area (Å²) < 4.78 is 5.28. The Labute approximate surface area is 106 Å². The summed E-state index contributed by atoms with van der Waals surface area (Å²) in [4.78, 5) is 11.5. The molecule has 0 aromatic carbocycles. The summed E-state index contributed by atoms with van der Waals surface area (Å²) >= 11 is 1.48. The summed E-state index contributed by atoms with van der Waals surface area (Å²) in [7, 11) is 0. The minimum Gasteiger partial charge on any atom is -0.445 e. The second kappa shape index (κ2) is 8.50. The summed E-state index contributed by atoms with van der Waals surface area (Å²) in [6.45, 7) is 1.30. The first-order chi connectivity index (χ1) is 7.27. The molecule has 6 heteroatoms. The van der Waals surface area contributed by atoms with E-state index in [1.54, 1.807) is 12.1 Å². The fraction of sp³-hybridized carbons (Fsp3) is 0.500. The first-order valence-corrected chi connectivity index (χ1v) is 6.12. The average molecular weight is 265 g/mol. The number of carbonyl (C=O) groups excluding carboxylic acids is 1. The minimum atomic E-state index is -0.160. The molecule has 16 heavy (non-hydrogen) atoms. The van der Waals surface area contributed by atoms with Crippen molar-refractivity contribution in [2.75, 3.05) is 19.3 Å². The zero-order valence-corrected chi connectivity index (χ0v) is 10.8. The second-order valence-electron chi connectivity index (χ2n) is 3.07. The molecule has 0 spiro atoms. The van der Waals surface area contributed by atoms with Gasteiger partial charge in [0.15, 0.2) is 10.9 Å². The molecule has 3 N–H and O–H groups in total. The van der Waals surface area contributed by atoms with Gasteiger partial charge in [-0.15, -0.1) is 12.4 Å². The molecule has 1 amide bonds. The van der Waals surface area contributed by atoms with Gasteiger partial charge in [-0.25, -0.2) is 0 Å². The van der Waals surface area contributed by atoms with Crippen molar-refractivity contribution in [3.05, 3.63) is 17.9 Å². The number of thioether (sulfide) groups is 1. The lowest BCUT2D eigenvalue weighted by Gasteiger charge is -2.01. The average Bonchev–Trinajstić information content (AvgIpc) is 2.72. The van der Waals surface area contributed by atoms with Crippen LogP contribution in [0.15, 0.2) is 21.6 Å². The third-order valence-corrected chi connectivity index (χ3v) is 2.54. The van der Waals surface area contributed by atoms with Crippen LogP contribution in [0.3, 0.4) is 0 Å². The Hall–Kier alpha value is -0.650. The van der Waals surface area contributed by atoms with Crippen LogP contribution >= 0.6 is 24.2 Å². The Morgan fingerprint density at radius 1 is 1.50 bits per heavy atom. The van der Waals surface area contributed by atoms with Crippen molar-refractivity contribution in [2.45, 2.75) is 17.9 Å². The van der Waals surface area contributed by atoms with Crippen molar-refractivity contribution in [2.24, 2.45) is 5.73 Å². The van der Waals surface area contributed by atoms with E-state index in [1.165, 1.54) is 11.8 Å². The van der Waals surface area contributed by atoms with E-state index >= 15 is 0 Å². The van der Waals surface area contributed by atoms with Crippen LogP contribution in [-0.4, -0.2) is 25.3 Å². The van der Waals surface area contributed by atoms with Crippen molar-refractivity contribution >= 4 is 30.1 Å². The Kier molecular flexibility index (Phi) is 8.15. The van der Waals surface area contributed by atoms with Crippen LogP contribution in [0.4, 0.5) is 0 Å². The number of nitrogens with two attached hydrogens (primary N) is 1. The molecule has 0 aliphatic carbocycles. The van der Waals surface area contributed by atoms with E-state index in [0.29, 0.717) is 18.8 Å². The van der Waals surface area contributed by atoms with Gasteiger partial charge in [0.05, 0.1) is 0 Å². The number of unbranched alkanes of at least 4 members (excludes halogenated alkanes) is 1. The van der Waals surface area contributed by atoms with Gasteiger partial charge in [-0.2, -0.15) is 0 Å². The Morgan fingerprint density at radius 3 is 2.81 bits per heavy atom. The van der Waals surface area contributed by atoms with E-state index in [4.69, 9.17) is 10.2 Å². The topological polar surface area (TPSA) is 68.3 Å². The lowest BCUT2D eigenvalue weighted by Crippen LogP contribution is -2.24. The first kappa shape index (κ1) is 15.3. The Bertz CT molecular complexity index is 318. The quantitative estimate of drug-likeness (QED) is 0.608. The highest BCUT2D eigenvalue weighted by Crippen LogP contribution is 2.17. The van der Waals surface area contributed by atoms with Crippen LogP contribution < -0.4 is 11.1 Å². The lowest BCUT2D eigenvalue weighted by molar-refractivity contribution is 0.0920. The first-order valence-electron chi connectivity index (χ1n) is 4.90. The number of rotatable bonds is 6. The molecular weight excluding hydrogens is 248 g/mol. The number of nitrogens with one attached hydrogen (secondary N) is 1. The SMILES string of the molecule is CSc1ccc(C(=O)NCCCCN)o1.Cl. The second-order valence-corrected chi connectivity index (χ2v) is 3.89. The van der Waals surface area contributed by atoms with Gasteiger partial charge in [0.2, 0.25) is 0 Å². The monoisotopic (exact) mass is 264 g/mol. The maximum absolute atomic E-state index is 11.5. The van der Waals surface area contributed by atoms with Crippen LogP contribution in [0.5, 0.6) is 0 Å². The van der Waals surface area contributed by atoms with E-state index < -0.39 is 0 Å². The van der Waals surface area contributed by atoms with Crippen molar-refractivity contribution < 1.29 is 9.21 Å². The molecule has 1 aromatic rings. The largest absolute Gasteiger partial charge is 0.445 e. The molecule has 0 saturated carbocycles. The summed E-state index contributed by atoms with van der Waals surface area (Å²) in [6, 6.07) is 3.48. The van der Waals surface area contributed by atoms with Gasteiger partial charge in [-0.05, 0) is 37.8 Å². The fourth-order valence-electron chi connectivity index (χ4n) is 1.11. The molecule has 0 saturated heterocycles. The Balaban J connectivity index is 0.00000225. The number of amides is 1. The van der Waals surface area contributed by atoms with E-state index in [-0.39, 0.29) is 18.3 Å². The molecule has 0 unspecified atom stereocenters. The maximum atomic E-state index is 11.5. The molecule has 0 atom stereocenters. The van der Waals surface area contributed by atoms with Gasteiger partial charge in [0.25, 0.3) is 5.91 Å². The molecular formula is C10H17ClN2O2S. The predicted octanol–water partition coefficient (Wildman–Crippen LogP) is 1.89. The number of carbonyl (C=O) groups is 1. The molecule has 1 aromatic heterocycles. The molecule has 0 bridgehead atoms. The zero-order chi connectivity index (χ0) is 11.1. The smallest absolute Gasteiger partial charge is 0.287 e. The highest BCUT2D eigenvalue weighted by Gasteiger charge is 2.09. The van der Waals surface area contributed by atoms with E-state index in [2.05, 4.69) is 5.32 Å². The van der Waals surface area contributed by atoms with Crippen molar-refractivity contribution in [3.8, 4) is 0 Å². The highest BCUT2D eigenvalue weighted by molar-refractivity contribution is 7.98. The standard InChI is InChI=1S/C10H16N2O2S.ClH/c1-15-9-5-4-8(14-9)10(13)12-7-3-2-6-11;/h4-5H,2-3,6-7,11H2,1H3,(H,12,13);1H. The molecule has 0 radical (unpaired) electrons. The van der Waals surface area contributed by atoms with Gasteiger partial charge < -0.3 is 15.5 Å². The van der Waals surface area contributed by atoms with Crippen LogP contribution in [0.25, 0.3) is 0 Å².